The molecule has 0 amide bonds. The van der Waals surface area contributed by atoms with Crippen LogP contribution in [0.4, 0.5) is 0 Å². The Hall–Kier alpha value is -0.380. The molecule has 0 aliphatic carbocycles. The number of rotatable bonds is 4. The second kappa shape index (κ2) is 6.38. The van der Waals surface area contributed by atoms with Crippen LogP contribution in [-0.4, -0.2) is 25.7 Å². The molecule has 0 radical (unpaired) electrons. The van der Waals surface area contributed by atoms with Crippen LogP contribution in [0.2, 0.25) is 0 Å². The summed E-state index contributed by atoms with van der Waals surface area (Å²) in [7, 11) is 0. The van der Waals surface area contributed by atoms with Crippen LogP contribution in [0.3, 0.4) is 0 Å². The van der Waals surface area contributed by atoms with Gasteiger partial charge in [0, 0.05) is 10.5 Å². The van der Waals surface area contributed by atoms with Crippen molar-refractivity contribution < 1.29 is 0 Å². The molecule has 88 valence electrons. The molecule has 1 aliphatic rings. The smallest absolute Gasteiger partial charge is 0.0207 e. The average molecular weight is 283 g/mol. The van der Waals surface area contributed by atoms with E-state index in [9.17, 15) is 0 Å². The Kier molecular flexibility index (Phi) is 4.82. The molecule has 0 spiro atoms. The van der Waals surface area contributed by atoms with Crippen molar-refractivity contribution in [3.63, 3.8) is 0 Å². The molecule has 0 unspecified atom stereocenters. The number of halogens is 1. The molecular formula is C13H19BrN2. The summed E-state index contributed by atoms with van der Waals surface area (Å²) >= 11 is 3.58. The Bertz CT molecular complexity index is 321. The van der Waals surface area contributed by atoms with Gasteiger partial charge in [-0.1, -0.05) is 34.1 Å². The molecule has 0 atom stereocenters. The molecule has 1 heterocycles. The lowest BCUT2D eigenvalue weighted by atomic mass is 10.1. The fraction of sp³-hybridized carbons (Fsp3) is 0.538. The van der Waals surface area contributed by atoms with E-state index in [1.54, 1.807) is 0 Å². The molecule has 1 aliphatic heterocycles. The van der Waals surface area contributed by atoms with Crippen molar-refractivity contribution in [2.24, 2.45) is 0 Å². The van der Waals surface area contributed by atoms with E-state index in [1.807, 2.05) is 0 Å². The van der Waals surface area contributed by atoms with E-state index in [4.69, 9.17) is 0 Å². The summed E-state index contributed by atoms with van der Waals surface area (Å²) in [5.74, 6) is 0. The molecule has 16 heavy (non-hydrogen) atoms. The van der Waals surface area contributed by atoms with Gasteiger partial charge in [0.2, 0.25) is 0 Å². The van der Waals surface area contributed by atoms with Gasteiger partial charge in [0.15, 0.2) is 0 Å². The van der Waals surface area contributed by atoms with Crippen LogP contribution in [-0.2, 0) is 6.42 Å². The Morgan fingerprint density at radius 3 is 2.75 bits per heavy atom. The van der Waals surface area contributed by atoms with Gasteiger partial charge < -0.3 is 10.6 Å². The molecule has 2 N–H and O–H groups in total. The standard InChI is InChI=1S/C13H19BrN2/c14-13-4-2-1-3-11(13)5-10-16-12-6-8-15-9-7-12/h1-4,12,15-16H,5-10H2. The van der Waals surface area contributed by atoms with Gasteiger partial charge in [0.1, 0.15) is 0 Å². The summed E-state index contributed by atoms with van der Waals surface area (Å²) in [5, 5.41) is 7.02. The lowest BCUT2D eigenvalue weighted by Crippen LogP contribution is -2.40. The Labute approximate surface area is 106 Å². The van der Waals surface area contributed by atoms with Crippen LogP contribution in [0.1, 0.15) is 18.4 Å². The van der Waals surface area contributed by atoms with Crippen molar-refractivity contribution in [1.82, 2.24) is 10.6 Å². The second-order valence-corrected chi connectivity index (χ2v) is 5.17. The molecule has 0 bridgehead atoms. The van der Waals surface area contributed by atoms with Crippen molar-refractivity contribution in [3.05, 3.63) is 34.3 Å². The van der Waals surface area contributed by atoms with E-state index in [1.165, 1.54) is 22.9 Å². The molecule has 0 aromatic heterocycles. The first-order valence-corrected chi connectivity index (χ1v) is 6.83. The van der Waals surface area contributed by atoms with Gasteiger partial charge >= 0.3 is 0 Å². The third-order valence-electron chi connectivity index (χ3n) is 3.12. The van der Waals surface area contributed by atoms with Crippen LogP contribution in [0.5, 0.6) is 0 Å². The zero-order chi connectivity index (χ0) is 11.2. The van der Waals surface area contributed by atoms with Gasteiger partial charge in [0.25, 0.3) is 0 Å². The van der Waals surface area contributed by atoms with Crippen LogP contribution < -0.4 is 10.6 Å². The first-order valence-electron chi connectivity index (χ1n) is 6.04. The molecule has 1 fully saturated rings. The molecule has 0 saturated carbocycles. The number of hydrogen-bond donors (Lipinski definition) is 2. The zero-order valence-corrected chi connectivity index (χ0v) is 11.1. The normalized spacial score (nSPS) is 17.6. The van der Waals surface area contributed by atoms with Crippen molar-refractivity contribution in [2.45, 2.75) is 25.3 Å². The van der Waals surface area contributed by atoms with Crippen LogP contribution in [0.25, 0.3) is 0 Å². The zero-order valence-electron chi connectivity index (χ0n) is 9.51. The lowest BCUT2D eigenvalue weighted by Gasteiger charge is -2.23. The van der Waals surface area contributed by atoms with E-state index in [2.05, 4.69) is 50.8 Å². The summed E-state index contributed by atoms with van der Waals surface area (Å²) in [6.07, 6.45) is 3.62. The van der Waals surface area contributed by atoms with Gasteiger partial charge in [-0.3, -0.25) is 0 Å². The summed E-state index contributed by atoms with van der Waals surface area (Å²) in [6, 6.07) is 9.18. The quantitative estimate of drug-likeness (QED) is 0.886. The molecule has 1 aromatic carbocycles. The first kappa shape index (κ1) is 12.1. The van der Waals surface area contributed by atoms with Crippen LogP contribution in [0.15, 0.2) is 28.7 Å². The van der Waals surface area contributed by atoms with Crippen molar-refractivity contribution in [2.75, 3.05) is 19.6 Å². The van der Waals surface area contributed by atoms with E-state index < -0.39 is 0 Å². The largest absolute Gasteiger partial charge is 0.317 e. The third-order valence-corrected chi connectivity index (χ3v) is 3.90. The van der Waals surface area contributed by atoms with Crippen molar-refractivity contribution in [3.8, 4) is 0 Å². The maximum absolute atomic E-state index is 3.64. The monoisotopic (exact) mass is 282 g/mol. The van der Waals surface area contributed by atoms with E-state index >= 15 is 0 Å². The third kappa shape index (κ3) is 3.58. The molecular weight excluding hydrogens is 264 g/mol. The molecule has 1 saturated heterocycles. The minimum Gasteiger partial charge on any atom is -0.317 e. The number of piperidine rings is 1. The Morgan fingerprint density at radius 1 is 1.25 bits per heavy atom. The Balaban J connectivity index is 1.73. The molecule has 3 heteroatoms. The van der Waals surface area contributed by atoms with Gasteiger partial charge in [-0.2, -0.15) is 0 Å². The number of benzene rings is 1. The van der Waals surface area contributed by atoms with E-state index in [-0.39, 0.29) is 0 Å². The molecule has 2 rings (SSSR count). The van der Waals surface area contributed by atoms with E-state index in [0.717, 1.165) is 26.1 Å². The topological polar surface area (TPSA) is 24.1 Å². The highest BCUT2D eigenvalue weighted by Crippen LogP contribution is 2.16. The first-order chi connectivity index (χ1) is 7.86. The second-order valence-electron chi connectivity index (χ2n) is 4.32. The predicted octanol–water partition coefficient (Wildman–Crippen LogP) is 2.33. The van der Waals surface area contributed by atoms with Gasteiger partial charge in [-0.05, 0) is 50.5 Å². The predicted molar refractivity (Wildman–Crippen MR) is 71.7 cm³/mol. The average Bonchev–Trinajstić information content (AvgIpc) is 2.33. The minimum absolute atomic E-state index is 0.712. The summed E-state index contributed by atoms with van der Waals surface area (Å²) < 4.78 is 1.22. The fourth-order valence-electron chi connectivity index (χ4n) is 2.14. The van der Waals surface area contributed by atoms with Gasteiger partial charge in [0.05, 0.1) is 0 Å². The van der Waals surface area contributed by atoms with E-state index in [0.29, 0.717) is 6.04 Å². The van der Waals surface area contributed by atoms with Gasteiger partial charge in [-0.15, -0.1) is 0 Å². The van der Waals surface area contributed by atoms with Crippen LogP contribution in [0, 0.1) is 0 Å². The number of hydrogen-bond acceptors (Lipinski definition) is 2. The highest BCUT2D eigenvalue weighted by atomic mass is 79.9. The molecule has 2 nitrogen and oxygen atoms in total. The van der Waals surface area contributed by atoms with Crippen molar-refractivity contribution in [1.29, 1.82) is 0 Å². The summed E-state index contributed by atoms with van der Waals surface area (Å²) in [5.41, 5.74) is 1.39. The lowest BCUT2D eigenvalue weighted by molar-refractivity contribution is 0.389. The van der Waals surface area contributed by atoms with Gasteiger partial charge in [-0.25, -0.2) is 0 Å². The van der Waals surface area contributed by atoms with Crippen molar-refractivity contribution >= 4 is 15.9 Å². The summed E-state index contributed by atoms with van der Waals surface area (Å²) in [4.78, 5) is 0. The summed E-state index contributed by atoms with van der Waals surface area (Å²) in [6.45, 7) is 3.40. The highest BCUT2D eigenvalue weighted by Gasteiger charge is 2.11. The highest BCUT2D eigenvalue weighted by molar-refractivity contribution is 9.10. The Morgan fingerprint density at radius 2 is 2.00 bits per heavy atom. The fourth-order valence-corrected chi connectivity index (χ4v) is 2.62. The maximum atomic E-state index is 3.64. The van der Waals surface area contributed by atoms with Crippen LogP contribution >= 0.6 is 15.9 Å². The minimum atomic E-state index is 0.712. The maximum Gasteiger partial charge on any atom is 0.0207 e. The molecule has 1 aromatic rings. The SMILES string of the molecule is Brc1ccccc1CCNC1CCNCC1. The number of nitrogens with one attached hydrogen (secondary N) is 2.